The molecule has 9 nitrogen and oxygen atoms in total. The summed E-state index contributed by atoms with van der Waals surface area (Å²) in [5.74, 6) is 0.434. The Kier molecular flexibility index (Phi) is 5.41. The van der Waals surface area contributed by atoms with E-state index in [1.807, 2.05) is 18.4 Å². The zero-order chi connectivity index (χ0) is 20.6. The minimum absolute atomic E-state index is 0.156. The third-order valence-corrected chi connectivity index (χ3v) is 6.98. The second kappa shape index (κ2) is 7.85. The maximum atomic E-state index is 12.9. The number of hydrogen-bond acceptors (Lipinski definition) is 6. The number of ether oxygens (including phenoxy) is 1. The summed E-state index contributed by atoms with van der Waals surface area (Å²) in [5, 5.41) is 10.8. The lowest BCUT2D eigenvalue weighted by molar-refractivity contribution is -0.0440. The molecule has 1 saturated carbocycles. The molecule has 1 N–H and O–H groups in total. The Morgan fingerprint density at radius 3 is 2.45 bits per heavy atom. The zero-order valence-corrected chi connectivity index (χ0v) is 17.3. The number of hydrogen-bond donors (Lipinski definition) is 1. The zero-order valence-electron chi connectivity index (χ0n) is 16.5. The molecule has 1 aromatic heterocycles. The topological polar surface area (TPSA) is 106 Å². The van der Waals surface area contributed by atoms with E-state index in [9.17, 15) is 13.2 Å². The molecule has 2 unspecified atom stereocenters. The molecule has 1 aliphatic heterocycles. The number of carbonyl (C=O) groups excluding carboxylic acids is 1. The Morgan fingerprint density at radius 2 is 1.83 bits per heavy atom. The molecule has 4 rings (SSSR count). The van der Waals surface area contributed by atoms with Crippen LogP contribution in [0, 0.1) is 0 Å². The Labute approximate surface area is 170 Å². The minimum Gasteiger partial charge on any atom is -0.373 e. The fourth-order valence-electron chi connectivity index (χ4n) is 3.57. The van der Waals surface area contributed by atoms with Crippen molar-refractivity contribution in [1.82, 2.24) is 24.4 Å². The second-order valence-electron chi connectivity index (χ2n) is 7.67. The molecule has 0 spiro atoms. The van der Waals surface area contributed by atoms with Crippen LogP contribution >= 0.6 is 0 Å². The van der Waals surface area contributed by atoms with E-state index >= 15 is 0 Å². The van der Waals surface area contributed by atoms with E-state index in [2.05, 4.69) is 15.5 Å². The summed E-state index contributed by atoms with van der Waals surface area (Å²) in [6, 6.07) is 6.44. The van der Waals surface area contributed by atoms with E-state index in [0.717, 1.165) is 18.7 Å². The average Bonchev–Trinajstić information content (AvgIpc) is 3.43. The van der Waals surface area contributed by atoms with Crippen LogP contribution < -0.4 is 5.32 Å². The quantitative estimate of drug-likeness (QED) is 0.757. The number of rotatable bonds is 6. The van der Waals surface area contributed by atoms with Crippen LogP contribution in [-0.4, -0.2) is 58.7 Å². The lowest BCUT2D eigenvalue weighted by Gasteiger charge is -2.34. The highest BCUT2D eigenvalue weighted by atomic mass is 32.2. The maximum absolute atomic E-state index is 12.9. The molecule has 2 fully saturated rings. The number of nitrogens with one attached hydrogen (secondary N) is 1. The Balaban J connectivity index is 1.41. The van der Waals surface area contributed by atoms with Gasteiger partial charge in [0.2, 0.25) is 10.0 Å². The van der Waals surface area contributed by atoms with Crippen molar-refractivity contribution in [2.45, 2.75) is 56.4 Å². The molecule has 1 aliphatic carbocycles. The van der Waals surface area contributed by atoms with Crippen molar-refractivity contribution in [3.8, 4) is 0 Å². The molecule has 0 bridgehead atoms. The summed E-state index contributed by atoms with van der Waals surface area (Å²) >= 11 is 0. The molecular weight excluding hydrogens is 394 g/mol. The van der Waals surface area contributed by atoms with Gasteiger partial charge in [-0.3, -0.25) is 4.79 Å². The van der Waals surface area contributed by atoms with Crippen molar-refractivity contribution in [1.29, 1.82) is 0 Å². The first-order valence-corrected chi connectivity index (χ1v) is 11.2. The van der Waals surface area contributed by atoms with Crippen molar-refractivity contribution in [3.63, 3.8) is 0 Å². The van der Waals surface area contributed by atoms with Crippen LogP contribution in [0.4, 0.5) is 0 Å². The van der Waals surface area contributed by atoms with Gasteiger partial charge in [0, 0.05) is 24.7 Å². The standard InChI is InChI=1S/C19H25N5O4S/c1-13-10-23(11-14(2)28-13)29(26,27)17-7-3-15(4-8-17)19(25)20-9-18-22-21-12-24(18)16-5-6-16/h3-4,7-8,12-14,16H,5-6,9-11H2,1-2H3,(H,20,25). The molecule has 2 atom stereocenters. The van der Waals surface area contributed by atoms with Crippen molar-refractivity contribution < 1.29 is 17.9 Å². The monoisotopic (exact) mass is 419 g/mol. The van der Waals surface area contributed by atoms with Gasteiger partial charge >= 0.3 is 0 Å². The summed E-state index contributed by atoms with van der Waals surface area (Å²) < 4.78 is 34.8. The first-order chi connectivity index (χ1) is 13.8. The third kappa shape index (κ3) is 4.34. The highest BCUT2D eigenvalue weighted by Crippen LogP contribution is 2.35. The Bertz CT molecular complexity index is 974. The molecule has 1 amide bonds. The van der Waals surface area contributed by atoms with Crippen molar-refractivity contribution in [2.75, 3.05) is 13.1 Å². The first kappa shape index (κ1) is 20.0. The number of benzene rings is 1. The summed E-state index contributed by atoms with van der Waals surface area (Å²) in [7, 11) is -3.63. The van der Waals surface area contributed by atoms with Crippen LogP contribution in [0.25, 0.3) is 0 Å². The maximum Gasteiger partial charge on any atom is 0.251 e. The fourth-order valence-corrected chi connectivity index (χ4v) is 5.16. The smallest absolute Gasteiger partial charge is 0.251 e. The molecule has 156 valence electrons. The number of morpholine rings is 1. The normalized spacial score (nSPS) is 23.1. The average molecular weight is 420 g/mol. The largest absolute Gasteiger partial charge is 0.373 e. The van der Waals surface area contributed by atoms with Crippen molar-refractivity contribution >= 4 is 15.9 Å². The number of carbonyl (C=O) groups is 1. The number of sulfonamides is 1. The Hall–Kier alpha value is -2.30. The molecule has 2 aromatic rings. The molecule has 2 aliphatic rings. The molecule has 1 saturated heterocycles. The first-order valence-electron chi connectivity index (χ1n) is 9.77. The van der Waals surface area contributed by atoms with Gasteiger partial charge in [-0.25, -0.2) is 8.42 Å². The van der Waals surface area contributed by atoms with Crippen LogP contribution in [0.1, 0.15) is 48.9 Å². The summed E-state index contributed by atoms with van der Waals surface area (Å²) in [6.07, 6.45) is 3.59. The van der Waals surface area contributed by atoms with Gasteiger partial charge in [0.1, 0.15) is 6.33 Å². The summed E-state index contributed by atoms with van der Waals surface area (Å²) in [4.78, 5) is 12.6. The SMILES string of the molecule is CC1CN(S(=O)(=O)c2ccc(C(=O)NCc3nncn3C3CC3)cc2)CC(C)O1. The number of aromatic nitrogens is 3. The Morgan fingerprint density at radius 1 is 1.17 bits per heavy atom. The second-order valence-corrected chi connectivity index (χ2v) is 9.61. The van der Waals surface area contributed by atoms with Gasteiger partial charge in [-0.05, 0) is 51.0 Å². The number of nitrogens with zero attached hydrogens (tertiary/aromatic N) is 4. The van der Waals surface area contributed by atoms with Gasteiger partial charge in [-0.1, -0.05) is 0 Å². The van der Waals surface area contributed by atoms with Crippen LogP contribution in [0.3, 0.4) is 0 Å². The van der Waals surface area contributed by atoms with E-state index in [4.69, 9.17) is 4.74 Å². The van der Waals surface area contributed by atoms with Crippen molar-refractivity contribution in [2.24, 2.45) is 0 Å². The third-order valence-electron chi connectivity index (χ3n) is 5.13. The number of amides is 1. The molecule has 0 radical (unpaired) electrons. The van der Waals surface area contributed by atoms with E-state index in [1.165, 1.54) is 28.6 Å². The van der Waals surface area contributed by atoms with Crippen LogP contribution in [0.15, 0.2) is 35.5 Å². The highest BCUT2D eigenvalue weighted by molar-refractivity contribution is 7.89. The van der Waals surface area contributed by atoms with Gasteiger partial charge in [0.25, 0.3) is 5.91 Å². The van der Waals surface area contributed by atoms with E-state index < -0.39 is 10.0 Å². The van der Waals surface area contributed by atoms with Gasteiger partial charge in [0.05, 0.1) is 23.6 Å². The molecule has 1 aromatic carbocycles. The van der Waals surface area contributed by atoms with Gasteiger partial charge < -0.3 is 14.6 Å². The van der Waals surface area contributed by atoms with Crippen LogP contribution in [0.2, 0.25) is 0 Å². The van der Waals surface area contributed by atoms with Gasteiger partial charge in [-0.15, -0.1) is 10.2 Å². The lowest BCUT2D eigenvalue weighted by Crippen LogP contribution is -2.48. The fraction of sp³-hybridized carbons (Fsp3) is 0.526. The van der Waals surface area contributed by atoms with E-state index in [1.54, 1.807) is 6.33 Å². The molecule has 2 heterocycles. The van der Waals surface area contributed by atoms with Gasteiger partial charge in [-0.2, -0.15) is 4.31 Å². The molecule has 10 heteroatoms. The molecular formula is C19H25N5O4S. The van der Waals surface area contributed by atoms with Gasteiger partial charge in [0.15, 0.2) is 5.82 Å². The predicted octanol–water partition coefficient (Wildman–Crippen LogP) is 1.34. The molecule has 29 heavy (non-hydrogen) atoms. The summed E-state index contributed by atoms with van der Waals surface area (Å²) in [5.41, 5.74) is 0.394. The van der Waals surface area contributed by atoms with Crippen LogP contribution in [-0.2, 0) is 21.3 Å². The lowest BCUT2D eigenvalue weighted by atomic mass is 10.2. The minimum atomic E-state index is -3.63. The van der Waals surface area contributed by atoms with E-state index in [-0.39, 0.29) is 29.6 Å². The predicted molar refractivity (Wildman–Crippen MR) is 105 cm³/mol. The van der Waals surface area contributed by atoms with Crippen molar-refractivity contribution in [3.05, 3.63) is 42.0 Å². The van der Waals surface area contributed by atoms with E-state index in [0.29, 0.717) is 24.7 Å². The highest BCUT2D eigenvalue weighted by Gasteiger charge is 2.32. The summed E-state index contributed by atoms with van der Waals surface area (Å²) in [6.45, 7) is 4.62. The van der Waals surface area contributed by atoms with Crippen LogP contribution in [0.5, 0.6) is 0 Å².